The van der Waals surface area contributed by atoms with E-state index in [4.69, 9.17) is 9.47 Å². The van der Waals surface area contributed by atoms with Gasteiger partial charge in [0.2, 0.25) is 15.8 Å². The van der Waals surface area contributed by atoms with Gasteiger partial charge in [0.1, 0.15) is 11.8 Å². The molecule has 3 rings (SSSR count). The third-order valence-electron chi connectivity index (χ3n) is 5.10. The van der Waals surface area contributed by atoms with Crippen LogP contribution in [0.2, 0.25) is 0 Å². The maximum atomic E-state index is 12.5. The second-order valence-corrected chi connectivity index (χ2v) is 9.15. The standard InChI is InChI=1S/C21H26N2O6S/c1-13-11-19(15(3)23(13)16-5-6-16)20(24)12-29-21(25)14(2)22-30(26,27)18-9-7-17(28-4)8-10-18/h7-11,14,16,22H,5-6,12H2,1-4H3/t14-/m0/s1. The molecule has 2 aromatic rings. The lowest BCUT2D eigenvalue weighted by Crippen LogP contribution is -2.40. The number of nitrogens with zero attached hydrogens (tertiary/aromatic N) is 1. The van der Waals surface area contributed by atoms with Crippen molar-refractivity contribution in [2.24, 2.45) is 0 Å². The third kappa shape index (κ3) is 4.73. The van der Waals surface area contributed by atoms with Crippen LogP contribution >= 0.6 is 0 Å². The SMILES string of the molecule is COc1ccc(S(=O)(=O)N[C@@H](C)C(=O)OCC(=O)c2cc(C)n(C3CC3)c2C)cc1. The molecule has 0 amide bonds. The first-order valence-electron chi connectivity index (χ1n) is 9.68. The number of carbonyl (C=O) groups excluding carboxylic acids is 2. The summed E-state index contributed by atoms with van der Waals surface area (Å²) < 4.78 is 39.3. The van der Waals surface area contributed by atoms with E-state index < -0.39 is 28.6 Å². The lowest BCUT2D eigenvalue weighted by molar-refractivity contribution is -0.144. The van der Waals surface area contributed by atoms with E-state index in [1.165, 1.54) is 38.3 Å². The lowest BCUT2D eigenvalue weighted by atomic mass is 10.1. The molecule has 1 heterocycles. The summed E-state index contributed by atoms with van der Waals surface area (Å²) in [6, 6.07) is 6.87. The fourth-order valence-electron chi connectivity index (χ4n) is 3.40. The van der Waals surface area contributed by atoms with E-state index in [1.54, 1.807) is 6.07 Å². The summed E-state index contributed by atoms with van der Waals surface area (Å²) in [5.41, 5.74) is 2.40. The lowest BCUT2D eigenvalue weighted by Gasteiger charge is -2.14. The van der Waals surface area contributed by atoms with Crippen LogP contribution < -0.4 is 9.46 Å². The highest BCUT2D eigenvalue weighted by Crippen LogP contribution is 2.38. The summed E-state index contributed by atoms with van der Waals surface area (Å²) in [5.74, 6) is -0.619. The van der Waals surface area contributed by atoms with Crippen LogP contribution in [0.4, 0.5) is 0 Å². The van der Waals surface area contributed by atoms with Gasteiger partial charge in [0.05, 0.1) is 12.0 Å². The molecule has 1 saturated carbocycles. The predicted octanol–water partition coefficient (Wildman–Crippen LogP) is 2.54. The van der Waals surface area contributed by atoms with Crippen LogP contribution in [0.1, 0.15) is 47.6 Å². The molecule has 0 spiro atoms. The van der Waals surface area contributed by atoms with Gasteiger partial charge in [-0.25, -0.2) is 8.42 Å². The maximum absolute atomic E-state index is 12.5. The van der Waals surface area contributed by atoms with Gasteiger partial charge < -0.3 is 14.0 Å². The van der Waals surface area contributed by atoms with Gasteiger partial charge in [-0.15, -0.1) is 0 Å². The first-order chi connectivity index (χ1) is 14.1. The molecule has 9 heteroatoms. The molecule has 0 bridgehead atoms. The van der Waals surface area contributed by atoms with Gasteiger partial charge >= 0.3 is 5.97 Å². The van der Waals surface area contributed by atoms with Crippen molar-refractivity contribution in [2.45, 2.75) is 50.6 Å². The number of sulfonamides is 1. The maximum Gasteiger partial charge on any atom is 0.324 e. The monoisotopic (exact) mass is 434 g/mol. The summed E-state index contributed by atoms with van der Waals surface area (Å²) in [6.45, 7) is 4.76. The zero-order chi connectivity index (χ0) is 22.1. The molecular formula is C21H26N2O6S. The van der Waals surface area contributed by atoms with Crippen molar-refractivity contribution in [3.63, 3.8) is 0 Å². The Morgan fingerprint density at radius 2 is 1.83 bits per heavy atom. The van der Waals surface area contributed by atoms with E-state index in [0.717, 1.165) is 24.2 Å². The summed E-state index contributed by atoms with van der Waals surface area (Å²) >= 11 is 0. The Labute approximate surface area is 176 Å². The number of carbonyl (C=O) groups is 2. The molecule has 0 aliphatic heterocycles. The minimum atomic E-state index is -3.93. The average molecular weight is 435 g/mol. The Kier molecular flexibility index (Phi) is 6.33. The summed E-state index contributed by atoms with van der Waals surface area (Å²) in [4.78, 5) is 24.8. The molecule has 8 nitrogen and oxygen atoms in total. The minimum absolute atomic E-state index is 0.00783. The highest BCUT2D eigenvalue weighted by molar-refractivity contribution is 7.89. The Balaban J connectivity index is 1.59. The van der Waals surface area contributed by atoms with E-state index in [9.17, 15) is 18.0 Å². The Bertz CT molecular complexity index is 1050. The number of esters is 1. The Morgan fingerprint density at radius 3 is 2.40 bits per heavy atom. The van der Waals surface area contributed by atoms with Crippen LogP contribution in [0.3, 0.4) is 0 Å². The number of rotatable bonds is 9. The molecule has 1 aliphatic rings. The van der Waals surface area contributed by atoms with Crippen molar-refractivity contribution in [1.82, 2.24) is 9.29 Å². The summed E-state index contributed by atoms with van der Waals surface area (Å²) in [7, 11) is -2.45. The topological polar surface area (TPSA) is 104 Å². The van der Waals surface area contributed by atoms with Crippen molar-refractivity contribution >= 4 is 21.8 Å². The van der Waals surface area contributed by atoms with Gasteiger partial charge in [-0.1, -0.05) is 0 Å². The molecule has 1 aromatic heterocycles. The number of methoxy groups -OCH3 is 1. The van der Waals surface area contributed by atoms with Crippen molar-refractivity contribution in [3.8, 4) is 5.75 Å². The fourth-order valence-corrected chi connectivity index (χ4v) is 4.59. The van der Waals surface area contributed by atoms with Gasteiger partial charge in [0.15, 0.2) is 6.61 Å². The number of aromatic nitrogens is 1. The molecule has 1 fully saturated rings. The number of aryl methyl sites for hydroxylation is 1. The Hall–Kier alpha value is -2.65. The molecular weight excluding hydrogens is 408 g/mol. The van der Waals surface area contributed by atoms with Crippen molar-refractivity contribution in [1.29, 1.82) is 0 Å². The molecule has 1 atom stereocenters. The number of nitrogens with one attached hydrogen (secondary N) is 1. The minimum Gasteiger partial charge on any atom is -0.497 e. The normalized spacial score (nSPS) is 14.9. The van der Waals surface area contributed by atoms with Crippen LogP contribution in [0, 0.1) is 13.8 Å². The van der Waals surface area contributed by atoms with Crippen molar-refractivity contribution < 1.29 is 27.5 Å². The molecule has 0 saturated heterocycles. The summed E-state index contributed by atoms with van der Waals surface area (Å²) in [5, 5.41) is 0. The number of Topliss-reactive ketones (excluding diaryl/α,β-unsaturated/α-hetero) is 1. The van der Waals surface area contributed by atoms with Crippen LogP contribution in [-0.4, -0.2) is 44.5 Å². The smallest absolute Gasteiger partial charge is 0.324 e. The van der Waals surface area contributed by atoms with Crippen LogP contribution in [0.25, 0.3) is 0 Å². The highest BCUT2D eigenvalue weighted by atomic mass is 32.2. The predicted molar refractivity (Wildman–Crippen MR) is 110 cm³/mol. The third-order valence-corrected chi connectivity index (χ3v) is 6.65. The zero-order valence-corrected chi connectivity index (χ0v) is 18.3. The van der Waals surface area contributed by atoms with Gasteiger partial charge in [0, 0.05) is 23.0 Å². The highest BCUT2D eigenvalue weighted by Gasteiger charge is 2.29. The van der Waals surface area contributed by atoms with E-state index in [0.29, 0.717) is 17.4 Å². The van der Waals surface area contributed by atoms with Crippen LogP contribution in [0.5, 0.6) is 5.75 Å². The van der Waals surface area contributed by atoms with Crippen molar-refractivity contribution in [3.05, 3.63) is 47.3 Å². The first kappa shape index (κ1) is 22.0. The van der Waals surface area contributed by atoms with Gasteiger partial charge in [-0.3, -0.25) is 9.59 Å². The largest absolute Gasteiger partial charge is 0.497 e. The van der Waals surface area contributed by atoms with E-state index in [1.807, 2.05) is 13.8 Å². The van der Waals surface area contributed by atoms with E-state index in [2.05, 4.69) is 9.29 Å². The number of hydrogen-bond donors (Lipinski definition) is 1. The molecule has 0 radical (unpaired) electrons. The average Bonchev–Trinajstić information content (AvgIpc) is 3.49. The molecule has 30 heavy (non-hydrogen) atoms. The number of benzene rings is 1. The second kappa shape index (κ2) is 8.61. The number of ether oxygens (including phenoxy) is 2. The molecule has 162 valence electrons. The second-order valence-electron chi connectivity index (χ2n) is 7.44. The summed E-state index contributed by atoms with van der Waals surface area (Å²) in [6.07, 6.45) is 2.20. The van der Waals surface area contributed by atoms with Gasteiger partial charge in [-0.2, -0.15) is 4.72 Å². The van der Waals surface area contributed by atoms with Gasteiger partial charge in [0.25, 0.3) is 0 Å². The molecule has 0 unspecified atom stereocenters. The Morgan fingerprint density at radius 1 is 1.20 bits per heavy atom. The quantitative estimate of drug-likeness (QED) is 0.481. The first-order valence-corrected chi connectivity index (χ1v) is 11.2. The van der Waals surface area contributed by atoms with Crippen LogP contribution in [-0.2, 0) is 19.6 Å². The van der Waals surface area contributed by atoms with Crippen LogP contribution in [0.15, 0.2) is 35.2 Å². The number of hydrogen-bond acceptors (Lipinski definition) is 6. The molecule has 1 N–H and O–H groups in total. The van der Waals surface area contributed by atoms with E-state index in [-0.39, 0.29) is 10.7 Å². The fraction of sp³-hybridized carbons (Fsp3) is 0.429. The molecule has 1 aromatic carbocycles. The van der Waals surface area contributed by atoms with Gasteiger partial charge in [-0.05, 0) is 63.9 Å². The number of ketones is 1. The molecule has 1 aliphatic carbocycles. The zero-order valence-electron chi connectivity index (χ0n) is 17.5. The van der Waals surface area contributed by atoms with E-state index >= 15 is 0 Å². The van der Waals surface area contributed by atoms with Crippen molar-refractivity contribution in [2.75, 3.05) is 13.7 Å².